The fraction of sp³-hybridized carbons (Fsp3) is 0.389. The minimum absolute atomic E-state index is 0.0209. The number of esters is 1. The summed E-state index contributed by atoms with van der Waals surface area (Å²) in [4.78, 5) is 55.8. The third-order valence-electron chi connectivity index (χ3n) is 9.41. The molecule has 3 heterocycles. The zero-order chi connectivity index (χ0) is 36.4. The number of rotatable bonds is 9. The Bertz CT molecular complexity index is 2070. The number of morpholine rings is 1. The molecule has 0 saturated carbocycles. The first-order valence-electron chi connectivity index (χ1n) is 16.5. The molecule has 1 aromatic heterocycles. The Morgan fingerprint density at radius 2 is 1.73 bits per heavy atom. The lowest BCUT2D eigenvalue weighted by Gasteiger charge is -2.38. The summed E-state index contributed by atoms with van der Waals surface area (Å²) in [7, 11) is 2.67. The van der Waals surface area contributed by atoms with Gasteiger partial charge in [-0.1, -0.05) is 30.3 Å². The Labute approximate surface area is 290 Å². The molecule has 1 N–H and O–H groups in total. The van der Waals surface area contributed by atoms with Crippen molar-refractivity contribution in [1.82, 2.24) is 19.4 Å². The van der Waals surface area contributed by atoms with Crippen LogP contribution in [-0.2, 0) is 34.3 Å². The maximum atomic E-state index is 16.1. The van der Waals surface area contributed by atoms with Crippen molar-refractivity contribution in [2.75, 3.05) is 44.9 Å². The number of alkyl halides is 3. The van der Waals surface area contributed by atoms with Crippen LogP contribution in [0.25, 0.3) is 16.5 Å². The Hall–Kier alpha value is -5.02. The summed E-state index contributed by atoms with van der Waals surface area (Å²) in [6, 6.07) is 10.4. The van der Waals surface area contributed by atoms with Crippen LogP contribution in [0.2, 0.25) is 0 Å². The smallest absolute Gasteiger partial charge is 0.411 e. The molecule has 11 nitrogen and oxygen atoms in total. The molecule has 2 aliphatic heterocycles. The molecule has 2 aliphatic rings. The molecule has 1 amide bonds. The van der Waals surface area contributed by atoms with Crippen molar-refractivity contribution in [2.45, 2.75) is 44.1 Å². The third-order valence-corrected chi connectivity index (χ3v) is 9.41. The van der Waals surface area contributed by atoms with Gasteiger partial charge in [0.25, 0.3) is 11.5 Å². The van der Waals surface area contributed by atoms with E-state index in [0.717, 1.165) is 35.5 Å². The minimum atomic E-state index is -4.63. The molecule has 6 rings (SSSR count). The summed E-state index contributed by atoms with van der Waals surface area (Å²) in [5.41, 5.74) is -0.421. The molecule has 15 heteroatoms. The first-order valence-corrected chi connectivity index (χ1v) is 16.5. The lowest BCUT2D eigenvalue weighted by Crippen LogP contribution is -2.53. The van der Waals surface area contributed by atoms with E-state index < -0.39 is 53.8 Å². The maximum Gasteiger partial charge on any atom is 0.411 e. The van der Waals surface area contributed by atoms with Crippen molar-refractivity contribution in [3.63, 3.8) is 0 Å². The van der Waals surface area contributed by atoms with Gasteiger partial charge in [-0.2, -0.15) is 13.2 Å². The monoisotopic (exact) mass is 711 g/mol. The van der Waals surface area contributed by atoms with Gasteiger partial charge in [-0.15, -0.1) is 0 Å². The lowest BCUT2D eigenvalue weighted by molar-refractivity contribution is -0.167. The molecule has 270 valence electrons. The number of anilines is 1. The first-order chi connectivity index (χ1) is 24.4. The Balaban J connectivity index is 1.36. The van der Waals surface area contributed by atoms with Gasteiger partial charge >= 0.3 is 17.8 Å². The molecule has 2 atom stereocenters. The van der Waals surface area contributed by atoms with Gasteiger partial charge in [0.1, 0.15) is 17.9 Å². The number of fused-ring (bicyclic) bond motifs is 1. The van der Waals surface area contributed by atoms with Crippen LogP contribution in [0.5, 0.6) is 0 Å². The van der Waals surface area contributed by atoms with Gasteiger partial charge in [0.2, 0.25) is 0 Å². The number of ether oxygens (including phenoxy) is 2. The summed E-state index contributed by atoms with van der Waals surface area (Å²) >= 11 is 0. The molecular weight excluding hydrogens is 674 g/mol. The second-order valence-corrected chi connectivity index (χ2v) is 12.7. The fourth-order valence-corrected chi connectivity index (χ4v) is 6.86. The molecular formula is C36H37F4N5O6. The number of nitrogens with one attached hydrogen (secondary N) is 1. The first kappa shape index (κ1) is 35.8. The Morgan fingerprint density at radius 3 is 2.45 bits per heavy atom. The fourth-order valence-electron chi connectivity index (χ4n) is 6.86. The van der Waals surface area contributed by atoms with Gasteiger partial charge in [0, 0.05) is 49.9 Å². The van der Waals surface area contributed by atoms with Crippen LogP contribution in [0.3, 0.4) is 0 Å². The molecule has 0 radical (unpaired) electrons. The number of benzene rings is 3. The number of methoxy groups -OCH3 is 1. The number of aryl methyl sites for hydroxylation is 1. The van der Waals surface area contributed by atoms with Crippen LogP contribution in [-0.4, -0.2) is 84.1 Å². The van der Waals surface area contributed by atoms with Gasteiger partial charge < -0.3 is 24.3 Å². The van der Waals surface area contributed by atoms with E-state index in [1.807, 2.05) is 4.90 Å². The Kier molecular flexibility index (Phi) is 10.3. The zero-order valence-corrected chi connectivity index (χ0v) is 28.0. The van der Waals surface area contributed by atoms with Crippen molar-refractivity contribution >= 4 is 28.3 Å². The summed E-state index contributed by atoms with van der Waals surface area (Å²) in [6.07, 6.45) is -1.61. The lowest BCUT2D eigenvalue weighted by atomic mass is 9.97. The zero-order valence-electron chi connectivity index (χ0n) is 28.0. The number of hydrogen-bond donors (Lipinski definition) is 1. The molecule has 0 aliphatic carbocycles. The Morgan fingerprint density at radius 1 is 1.00 bits per heavy atom. The van der Waals surface area contributed by atoms with Crippen molar-refractivity contribution in [3.8, 4) is 5.69 Å². The van der Waals surface area contributed by atoms with Crippen LogP contribution in [0.15, 0.2) is 70.4 Å². The van der Waals surface area contributed by atoms with E-state index in [9.17, 15) is 32.3 Å². The third kappa shape index (κ3) is 7.40. The summed E-state index contributed by atoms with van der Waals surface area (Å²) in [5.74, 6) is -2.78. The SMILES string of the molecule is COC(=O)[C@H](Cc1cccc2c(-n3c(=O)ccn(C)c3=O)cccc12)NC(=O)c1c(F)cc(N2CCOC[C@@H]2C(F)(F)F)cc1CN1CCCC1. The van der Waals surface area contributed by atoms with Crippen LogP contribution in [0.1, 0.15) is 34.3 Å². The van der Waals surface area contributed by atoms with Gasteiger partial charge in [-0.25, -0.2) is 18.5 Å². The van der Waals surface area contributed by atoms with Gasteiger partial charge in [0.15, 0.2) is 0 Å². The summed E-state index contributed by atoms with van der Waals surface area (Å²) in [6.45, 7) is 0.747. The van der Waals surface area contributed by atoms with E-state index >= 15 is 4.39 Å². The highest BCUT2D eigenvalue weighted by molar-refractivity contribution is 5.99. The number of aromatic nitrogens is 2. The highest BCUT2D eigenvalue weighted by Gasteiger charge is 2.46. The van der Waals surface area contributed by atoms with Crippen molar-refractivity contribution in [2.24, 2.45) is 7.05 Å². The molecule has 0 bridgehead atoms. The standard InChI is InChI=1S/C36H37F4N5O6/c1-42-14-11-31(46)45(35(42)49)29-10-6-8-25-22(7-5-9-26(25)29)18-28(34(48)50-2)41-33(47)32-23(20-43-12-3-4-13-43)17-24(19-27(32)37)44-15-16-51-21-30(44)36(38,39)40/h5-11,14,17,19,28,30H,3-4,12-13,15-16,18,20-21H2,1-2H3,(H,41,47)/t28-,30+/m0/s1. The summed E-state index contributed by atoms with van der Waals surface area (Å²) < 4.78 is 70.3. The predicted molar refractivity (Wildman–Crippen MR) is 181 cm³/mol. The molecule has 3 aromatic carbocycles. The average Bonchev–Trinajstić information content (AvgIpc) is 3.62. The van der Waals surface area contributed by atoms with Crippen LogP contribution in [0.4, 0.5) is 23.2 Å². The van der Waals surface area contributed by atoms with E-state index in [1.165, 1.54) is 29.9 Å². The highest BCUT2D eigenvalue weighted by atomic mass is 19.4. The van der Waals surface area contributed by atoms with Crippen molar-refractivity contribution in [3.05, 3.63) is 104 Å². The molecule has 2 fully saturated rings. The quantitative estimate of drug-likeness (QED) is 0.207. The van der Waals surface area contributed by atoms with Gasteiger partial charge in [-0.05, 0) is 60.6 Å². The van der Waals surface area contributed by atoms with Crippen molar-refractivity contribution in [1.29, 1.82) is 0 Å². The van der Waals surface area contributed by atoms with E-state index in [1.54, 1.807) is 36.4 Å². The minimum Gasteiger partial charge on any atom is -0.467 e. The number of likely N-dealkylation sites (tertiary alicyclic amines) is 1. The summed E-state index contributed by atoms with van der Waals surface area (Å²) in [5, 5.41) is 3.73. The van der Waals surface area contributed by atoms with E-state index in [-0.39, 0.29) is 42.9 Å². The van der Waals surface area contributed by atoms with Gasteiger partial charge in [-0.3, -0.25) is 14.5 Å². The van der Waals surface area contributed by atoms with E-state index in [0.29, 0.717) is 35.1 Å². The highest BCUT2D eigenvalue weighted by Crippen LogP contribution is 2.34. The topological polar surface area (TPSA) is 115 Å². The molecule has 0 spiro atoms. The number of halogens is 4. The average molecular weight is 712 g/mol. The largest absolute Gasteiger partial charge is 0.467 e. The normalized spacial score (nSPS) is 17.5. The molecule has 51 heavy (non-hydrogen) atoms. The van der Waals surface area contributed by atoms with E-state index in [4.69, 9.17) is 9.47 Å². The number of carbonyl (C=O) groups is 2. The number of amides is 1. The van der Waals surface area contributed by atoms with Crippen LogP contribution < -0.4 is 21.5 Å². The number of hydrogen-bond acceptors (Lipinski definition) is 8. The predicted octanol–water partition coefficient (Wildman–Crippen LogP) is 3.71. The van der Waals surface area contributed by atoms with Crippen molar-refractivity contribution < 1.29 is 36.6 Å². The maximum absolute atomic E-state index is 16.1. The molecule has 4 aromatic rings. The molecule has 0 unspecified atom stereocenters. The van der Waals surface area contributed by atoms with Crippen LogP contribution in [0, 0.1) is 5.82 Å². The number of carbonyl (C=O) groups excluding carboxylic acids is 2. The second kappa shape index (κ2) is 14.7. The van der Waals surface area contributed by atoms with Gasteiger partial charge in [0.05, 0.1) is 31.6 Å². The number of nitrogens with zero attached hydrogens (tertiary/aromatic N) is 4. The molecule has 2 saturated heterocycles. The van der Waals surface area contributed by atoms with E-state index in [2.05, 4.69) is 5.32 Å². The van der Waals surface area contributed by atoms with Crippen LogP contribution >= 0.6 is 0 Å². The second-order valence-electron chi connectivity index (χ2n) is 12.7.